The molecule has 1 aliphatic carbocycles. The molecule has 0 saturated heterocycles. The van der Waals surface area contributed by atoms with Gasteiger partial charge in [-0.25, -0.2) is 0 Å². The molecule has 1 atom stereocenters. The normalized spacial score (nSPS) is 15.5. The van der Waals surface area contributed by atoms with E-state index in [1.807, 2.05) is 72.9 Å². The van der Waals surface area contributed by atoms with E-state index in [0.717, 1.165) is 39.1 Å². The maximum atomic E-state index is 10.9. The Bertz CT molecular complexity index is 916. The Morgan fingerprint density at radius 3 is 2.50 bits per heavy atom. The topological polar surface area (TPSA) is 53.4 Å². The lowest BCUT2D eigenvalue weighted by molar-refractivity contribution is 0.219. The van der Waals surface area contributed by atoms with E-state index in [2.05, 4.69) is 4.98 Å². The summed E-state index contributed by atoms with van der Waals surface area (Å²) in [6.07, 6.45) is 4.95. The highest BCUT2D eigenvalue weighted by atomic mass is 16.3. The number of aromatic nitrogens is 1. The molecular weight excluding hydrogens is 298 g/mol. The summed E-state index contributed by atoms with van der Waals surface area (Å²) in [7, 11) is 0. The molecule has 0 fully saturated rings. The van der Waals surface area contributed by atoms with Crippen LogP contribution in [0.3, 0.4) is 0 Å². The van der Waals surface area contributed by atoms with Gasteiger partial charge in [0, 0.05) is 17.3 Å². The van der Waals surface area contributed by atoms with Crippen LogP contribution in [0.4, 0.5) is 0 Å². The van der Waals surface area contributed by atoms with Gasteiger partial charge in [0.15, 0.2) is 0 Å². The molecule has 0 spiro atoms. The summed E-state index contributed by atoms with van der Waals surface area (Å²) in [5.74, 6) is 0. The number of pyridine rings is 1. The number of fused-ring (bicyclic) bond motifs is 2. The third-order valence-electron chi connectivity index (χ3n) is 4.40. The average Bonchev–Trinajstić information content (AvgIpc) is 2.79. The maximum Gasteiger partial charge on any atom is 0.107 e. The molecule has 1 aromatic heterocycles. The van der Waals surface area contributed by atoms with Crippen molar-refractivity contribution in [3.8, 4) is 11.1 Å². The second kappa shape index (κ2) is 6.04. The van der Waals surface area contributed by atoms with Crippen LogP contribution < -0.4 is 0 Å². The predicted molar refractivity (Wildman–Crippen MR) is 95.0 cm³/mol. The van der Waals surface area contributed by atoms with Gasteiger partial charge in [0.25, 0.3) is 0 Å². The van der Waals surface area contributed by atoms with Crippen molar-refractivity contribution in [1.82, 2.24) is 4.98 Å². The molecule has 118 valence electrons. The molecule has 0 saturated carbocycles. The van der Waals surface area contributed by atoms with Gasteiger partial charge in [0.05, 0.1) is 12.3 Å². The van der Waals surface area contributed by atoms with Crippen LogP contribution in [0, 0.1) is 0 Å². The molecule has 2 N–H and O–H groups in total. The van der Waals surface area contributed by atoms with Crippen molar-refractivity contribution in [1.29, 1.82) is 0 Å². The minimum absolute atomic E-state index is 0.0428. The molecule has 1 unspecified atom stereocenters. The maximum absolute atomic E-state index is 10.9. The van der Waals surface area contributed by atoms with Crippen molar-refractivity contribution in [3.05, 3.63) is 88.7 Å². The number of hydrogen-bond acceptors (Lipinski definition) is 3. The van der Waals surface area contributed by atoms with Crippen molar-refractivity contribution < 1.29 is 10.2 Å². The molecule has 0 bridgehead atoms. The second-order valence-corrected chi connectivity index (χ2v) is 5.92. The first-order valence-corrected chi connectivity index (χ1v) is 7.91. The number of aliphatic hydroxyl groups excluding tert-OH is 2. The molecule has 24 heavy (non-hydrogen) atoms. The third kappa shape index (κ3) is 2.54. The second-order valence-electron chi connectivity index (χ2n) is 5.92. The van der Waals surface area contributed by atoms with Crippen molar-refractivity contribution in [2.75, 3.05) is 0 Å². The smallest absolute Gasteiger partial charge is 0.107 e. The fourth-order valence-corrected chi connectivity index (χ4v) is 3.09. The van der Waals surface area contributed by atoms with Crippen molar-refractivity contribution in [2.24, 2.45) is 0 Å². The van der Waals surface area contributed by atoms with E-state index < -0.39 is 6.10 Å². The van der Waals surface area contributed by atoms with Gasteiger partial charge in [-0.15, -0.1) is 0 Å². The third-order valence-corrected chi connectivity index (χ3v) is 4.40. The average molecular weight is 315 g/mol. The molecule has 3 aromatic rings. The van der Waals surface area contributed by atoms with E-state index in [4.69, 9.17) is 0 Å². The van der Waals surface area contributed by atoms with E-state index in [1.54, 1.807) is 0 Å². The van der Waals surface area contributed by atoms with Gasteiger partial charge >= 0.3 is 0 Å². The van der Waals surface area contributed by atoms with Crippen LogP contribution in [0.25, 0.3) is 23.3 Å². The van der Waals surface area contributed by atoms with Gasteiger partial charge in [-0.05, 0) is 40.5 Å². The first kappa shape index (κ1) is 14.8. The molecule has 3 heteroatoms. The summed E-state index contributed by atoms with van der Waals surface area (Å²) < 4.78 is 0. The van der Waals surface area contributed by atoms with Crippen LogP contribution in [0.1, 0.15) is 34.1 Å². The SMILES string of the molecule is OCc1ccc2c(c1)C(O)c1cc(-c3ccccc3)cnc1C=C2. The lowest BCUT2D eigenvalue weighted by Crippen LogP contribution is -2.05. The highest BCUT2D eigenvalue weighted by molar-refractivity contribution is 5.76. The number of nitrogens with zero attached hydrogens (tertiary/aromatic N) is 1. The van der Waals surface area contributed by atoms with Crippen molar-refractivity contribution >= 4 is 12.2 Å². The fourth-order valence-electron chi connectivity index (χ4n) is 3.09. The van der Waals surface area contributed by atoms with E-state index in [9.17, 15) is 10.2 Å². The van der Waals surface area contributed by atoms with Crippen LogP contribution in [0.15, 0.2) is 60.8 Å². The molecule has 0 amide bonds. The zero-order valence-corrected chi connectivity index (χ0v) is 13.1. The Labute approximate surface area is 140 Å². The molecule has 2 aromatic carbocycles. The number of aliphatic hydroxyl groups is 2. The first-order chi connectivity index (χ1) is 11.8. The summed E-state index contributed by atoms with van der Waals surface area (Å²) in [4.78, 5) is 4.54. The number of rotatable bonds is 2. The Morgan fingerprint density at radius 2 is 1.71 bits per heavy atom. The lowest BCUT2D eigenvalue weighted by Gasteiger charge is -2.16. The summed E-state index contributed by atoms with van der Waals surface area (Å²) in [5.41, 5.74) is 6.12. The molecular formula is C21H17NO2. The summed E-state index contributed by atoms with van der Waals surface area (Å²) in [5, 5.41) is 20.3. The van der Waals surface area contributed by atoms with Crippen LogP contribution in [-0.4, -0.2) is 15.2 Å². The molecule has 1 aliphatic rings. The van der Waals surface area contributed by atoms with Crippen LogP contribution in [0.2, 0.25) is 0 Å². The molecule has 0 aliphatic heterocycles. The van der Waals surface area contributed by atoms with Crippen molar-refractivity contribution in [3.63, 3.8) is 0 Å². The molecule has 1 heterocycles. The van der Waals surface area contributed by atoms with Gasteiger partial charge in [-0.1, -0.05) is 48.5 Å². The lowest BCUT2D eigenvalue weighted by atomic mass is 9.95. The van der Waals surface area contributed by atoms with Gasteiger partial charge in [-0.2, -0.15) is 0 Å². The Hall–Kier alpha value is -2.75. The van der Waals surface area contributed by atoms with E-state index in [1.165, 1.54) is 0 Å². The summed E-state index contributed by atoms with van der Waals surface area (Å²) in [6.45, 7) is -0.0428. The predicted octanol–water partition coefficient (Wildman–Crippen LogP) is 3.81. The van der Waals surface area contributed by atoms with Gasteiger partial charge < -0.3 is 10.2 Å². The number of benzene rings is 2. The van der Waals surface area contributed by atoms with Crippen LogP contribution in [-0.2, 0) is 6.61 Å². The summed E-state index contributed by atoms with van der Waals surface area (Å²) in [6, 6.07) is 17.6. The van der Waals surface area contributed by atoms with Crippen LogP contribution >= 0.6 is 0 Å². The Morgan fingerprint density at radius 1 is 0.875 bits per heavy atom. The van der Waals surface area contributed by atoms with Crippen molar-refractivity contribution in [2.45, 2.75) is 12.7 Å². The van der Waals surface area contributed by atoms with E-state index in [-0.39, 0.29) is 6.61 Å². The van der Waals surface area contributed by atoms with E-state index >= 15 is 0 Å². The highest BCUT2D eigenvalue weighted by Crippen LogP contribution is 2.34. The number of hydrogen-bond donors (Lipinski definition) is 2. The quantitative estimate of drug-likeness (QED) is 0.756. The minimum atomic E-state index is -0.771. The molecule has 0 radical (unpaired) electrons. The summed E-state index contributed by atoms with van der Waals surface area (Å²) >= 11 is 0. The molecule has 4 rings (SSSR count). The monoisotopic (exact) mass is 315 g/mol. The first-order valence-electron chi connectivity index (χ1n) is 7.91. The zero-order valence-electron chi connectivity index (χ0n) is 13.1. The largest absolute Gasteiger partial charge is 0.392 e. The highest BCUT2D eigenvalue weighted by Gasteiger charge is 2.21. The van der Waals surface area contributed by atoms with Gasteiger partial charge in [0.1, 0.15) is 6.10 Å². The van der Waals surface area contributed by atoms with Crippen LogP contribution in [0.5, 0.6) is 0 Å². The molecule has 3 nitrogen and oxygen atoms in total. The zero-order chi connectivity index (χ0) is 16.5. The minimum Gasteiger partial charge on any atom is -0.392 e. The Kier molecular flexibility index (Phi) is 3.73. The van der Waals surface area contributed by atoms with Gasteiger partial charge in [-0.3, -0.25) is 4.98 Å². The van der Waals surface area contributed by atoms with Gasteiger partial charge in [0.2, 0.25) is 0 Å². The standard InChI is InChI=1S/C21H17NO2/c23-13-14-6-7-16-8-9-20-19(21(24)18(16)10-14)11-17(12-22-20)15-4-2-1-3-5-15/h1-12,21,23-24H,13H2. The Balaban J connectivity index is 1.85. The van der Waals surface area contributed by atoms with E-state index in [0.29, 0.717) is 0 Å². The fraction of sp³-hybridized carbons (Fsp3) is 0.0952.